The predicted octanol–water partition coefficient (Wildman–Crippen LogP) is 3.66. The molecule has 1 saturated carbocycles. The average molecular weight is 454 g/mol. The first-order chi connectivity index (χ1) is 17.7. The van der Waals surface area contributed by atoms with Gasteiger partial charge in [-0.25, -0.2) is 23.1 Å². The van der Waals surface area contributed by atoms with E-state index in [9.17, 15) is 18.3 Å². The first-order valence-electron chi connectivity index (χ1n) is 13.0. The van der Waals surface area contributed by atoms with E-state index >= 15 is 0 Å². The van der Waals surface area contributed by atoms with Crippen molar-refractivity contribution in [3.8, 4) is 0 Å². The van der Waals surface area contributed by atoms with Gasteiger partial charge in [0.25, 0.3) is 0 Å². The molecule has 0 amide bonds. The summed E-state index contributed by atoms with van der Waals surface area (Å²) in [5.74, 6) is -4.29. The smallest absolute Gasteiger partial charge is 0.224 e. The molecule has 5 rings (SSSR count). The van der Waals surface area contributed by atoms with Gasteiger partial charge in [0.05, 0.1) is 30.4 Å². The fourth-order valence-electron chi connectivity index (χ4n) is 3.79. The number of aliphatic hydroxyl groups excluding tert-OH is 1. The van der Waals surface area contributed by atoms with Crippen molar-refractivity contribution >= 4 is 28.7 Å². The van der Waals surface area contributed by atoms with Crippen LogP contribution in [0.5, 0.6) is 0 Å². The molecule has 2 aromatic heterocycles. The Hall–Kier alpha value is -2.92. The van der Waals surface area contributed by atoms with E-state index in [1.54, 1.807) is 0 Å². The molecular formula is C21H23F3N6O2. The minimum absolute atomic E-state index is 0.0286. The Kier molecular flexibility index (Phi) is 4.01. The molecule has 1 aliphatic heterocycles. The van der Waals surface area contributed by atoms with Crippen LogP contribution in [-0.4, -0.2) is 49.9 Å². The largest absolute Gasteiger partial charge is 0.393 e. The summed E-state index contributed by atoms with van der Waals surface area (Å²) in [4.78, 5) is 12.7. The molecule has 1 saturated heterocycles. The van der Waals surface area contributed by atoms with Crippen LogP contribution >= 0.6 is 0 Å². The molecule has 11 heteroatoms. The SMILES string of the molecule is [2H]C1([2H])OC([2H])([2H])C([2H])([2H])C1n1c(Nc2c(F)cc(F)cc2F)nc2cnc(NC3CCC(O)CC3)nc21. The van der Waals surface area contributed by atoms with Gasteiger partial charge >= 0.3 is 0 Å². The van der Waals surface area contributed by atoms with Crippen LogP contribution in [-0.2, 0) is 4.74 Å². The standard InChI is InChI=1S/C21H23F3N6O2/c22-11-7-15(23)18(16(24)8-11)28-21-27-17-9-25-20(26-12-1-3-14(31)4-2-12)29-19(17)30(21)13-5-6-32-10-13/h7-9,12-14,31H,1-6,10H2,(H,27,28)(H,25,26,29)/i5D2,6D2,10D2. The van der Waals surface area contributed by atoms with Gasteiger partial charge in [-0.2, -0.15) is 4.98 Å². The number of aliphatic hydroxyl groups is 1. The van der Waals surface area contributed by atoms with Gasteiger partial charge < -0.3 is 20.5 Å². The molecule has 1 unspecified atom stereocenters. The van der Waals surface area contributed by atoms with Crippen LogP contribution in [0, 0.1) is 17.5 Å². The molecule has 8 nitrogen and oxygen atoms in total. The number of halogens is 3. The Bertz CT molecular complexity index is 1360. The molecule has 2 aliphatic rings. The molecule has 0 bridgehead atoms. The van der Waals surface area contributed by atoms with E-state index in [0.29, 0.717) is 37.8 Å². The maximum atomic E-state index is 14.5. The lowest BCUT2D eigenvalue weighted by Crippen LogP contribution is -2.29. The van der Waals surface area contributed by atoms with Gasteiger partial charge in [0, 0.05) is 27.5 Å². The number of hydrogen-bond donors (Lipinski definition) is 3. The minimum Gasteiger partial charge on any atom is -0.393 e. The van der Waals surface area contributed by atoms with Gasteiger partial charge in [-0.05, 0) is 32.1 Å². The minimum atomic E-state index is -3.10. The summed E-state index contributed by atoms with van der Waals surface area (Å²) in [6, 6.07) is -1.33. The number of aromatic nitrogens is 4. The van der Waals surface area contributed by atoms with Gasteiger partial charge in [0.2, 0.25) is 11.9 Å². The van der Waals surface area contributed by atoms with Crippen molar-refractivity contribution in [3.63, 3.8) is 0 Å². The summed E-state index contributed by atoms with van der Waals surface area (Å²) >= 11 is 0. The zero-order valence-electron chi connectivity index (χ0n) is 22.6. The summed E-state index contributed by atoms with van der Waals surface area (Å²) < 4.78 is 97.3. The lowest BCUT2D eigenvalue weighted by atomic mass is 9.93. The van der Waals surface area contributed by atoms with Crippen LogP contribution in [0.4, 0.5) is 30.8 Å². The molecule has 0 radical (unpaired) electrons. The Morgan fingerprint density at radius 3 is 2.56 bits per heavy atom. The molecule has 2 fully saturated rings. The van der Waals surface area contributed by atoms with Crippen molar-refractivity contribution in [2.75, 3.05) is 23.8 Å². The lowest BCUT2D eigenvalue weighted by Gasteiger charge is -2.26. The van der Waals surface area contributed by atoms with Crippen molar-refractivity contribution in [3.05, 3.63) is 35.8 Å². The van der Waals surface area contributed by atoms with Gasteiger partial charge in [0.15, 0.2) is 17.3 Å². The molecule has 170 valence electrons. The van der Waals surface area contributed by atoms with Crippen molar-refractivity contribution < 1.29 is 31.2 Å². The van der Waals surface area contributed by atoms with Crippen molar-refractivity contribution in [1.29, 1.82) is 0 Å². The van der Waals surface area contributed by atoms with Gasteiger partial charge in [-0.15, -0.1) is 0 Å². The molecule has 1 atom stereocenters. The third kappa shape index (κ3) is 4.09. The summed E-state index contributed by atoms with van der Waals surface area (Å²) in [5.41, 5.74) is -1.06. The summed E-state index contributed by atoms with van der Waals surface area (Å²) in [7, 11) is 0. The molecule has 3 aromatic rings. The van der Waals surface area contributed by atoms with Crippen LogP contribution in [0.3, 0.4) is 0 Å². The number of rotatable bonds is 5. The van der Waals surface area contributed by atoms with E-state index in [4.69, 9.17) is 13.0 Å². The van der Waals surface area contributed by atoms with Crippen LogP contribution in [0.15, 0.2) is 18.3 Å². The highest BCUT2D eigenvalue weighted by Crippen LogP contribution is 2.32. The van der Waals surface area contributed by atoms with Gasteiger partial charge in [0.1, 0.15) is 17.0 Å². The maximum Gasteiger partial charge on any atom is 0.224 e. The number of fused-ring (bicyclic) bond motifs is 1. The van der Waals surface area contributed by atoms with Crippen LogP contribution in [0.25, 0.3) is 11.2 Å². The second-order valence-corrected chi connectivity index (χ2v) is 7.60. The molecule has 1 aliphatic carbocycles. The van der Waals surface area contributed by atoms with Crippen LogP contribution < -0.4 is 10.6 Å². The second kappa shape index (κ2) is 8.55. The number of nitrogens with zero attached hydrogens (tertiary/aromatic N) is 4. The highest BCUT2D eigenvalue weighted by Gasteiger charge is 2.27. The lowest BCUT2D eigenvalue weighted by molar-refractivity contribution is 0.126. The summed E-state index contributed by atoms with van der Waals surface area (Å²) in [6.07, 6.45) is 0.195. The number of anilines is 3. The van der Waals surface area contributed by atoms with E-state index in [1.165, 1.54) is 6.20 Å². The number of imidazole rings is 1. The van der Waals surface area contributed by atoms with Gasteiger partial charge in [-0.3, -0.25) is 4.57 Å². The highest BCUT2D eigenvalue weighted by molar-refractivity contribution is 5.76. The van der Waals surface area contributed by atoms with E-state index in [0.717, 1.165) is 4.57 Å². The second-order valence-electron chi connectivity index (χ2n) is 7.60. The Balaban J connectivity index is 1.65. The van der Waals surface area contributed by atoms with Crippen molar-refractivity contribution in [1.82, 2.24) is 19.5 Å². The average Bonchev–Trinajstić information content (AvgIpc) is 3.19. The molecule has 1 aromatic carbocycles. The van der Waals surface area contributed by atoms with Gasteiger partial charge in [-0.1, -0.05) is 0 Å². The highest BCUT2D eigenvalue weighted by atomic mass is 19.1. The van der Waals surface area contributed by atoms with E-state index in [2.05, 4.69) is 25.6 Å². The Morgan fingerprint density at radius 2 is 1.88 bits per heavy atom. The fourth-order valence-corrected chi connectivity index (χ4v) is 3.79. The van der Waals surface area contributed by atoms with Crippen molar-refractivity contribution in [2.24, 2.45) is 0 Å². The molecule has 3 N–H and O–H groups in total. The predicted molar refractivity (Wildman–Crippen MR) is 111 cm³/mol. The third-order valence-electron chi connectivity index (χ3n) is 5.38. The number of benzene rings is 1. The fraction of sp³-hybridized carbons (Fsp3) is 0.476. The van der Waals surface area contributed by atoms with Crippen LogP contribution in [0.2, 0.25) is 0 Å². The monoisotopic (exact) mass is 454 g/mol. The third-order valence-corrected chi connectivity index (χ3v) is 5.38. The summed E-state index contributed by atoms with van der Waals surface area (Å²) in [6.45, 7) is -6.06. The normalized spacial score (nSPS) is 31.1. The molecule has 0 spiro atoms. The van der Waals surface area contributed by atoms with E-state index < -0.39 is 60.7 Å². The zero-order valence-corrected chi connectivity index (χ0v) is 16.6. The molecule has 32 heavy (non-hydrogen) atoms. The number of nitrogens with one attached hydrogen (secondary N) is 2. The van der Waals surface area contributed by atoms with E-state index in [-0.39, 0.29) is 23.2 Å². The quantitative estimate of drug-likeness (QED) is 0.541. The van der Waals surface area contributed by atoms with Crippen molar-refractivity contribution in [2.45, 2.75) is 50.2 Å². The number of hydrogen-bond acceptors (Lipinski definition) is 7. The Labute approximate surface area is 190 Å². The first-order valence-corrected chi connectivity index (χ1v) is 10.0. The topological polar surface area (TPSA) is 97.1 Å². The summed E-state index contributed by atoms with van der Waals surface area (Å²) in [5, 5.41) is 15.2. The first kappa shape index (κ1) is 15.0. The maximum absolute atomic E-state index is 14.5. The molecule has 3 heterocycles. The Morgan fingerprint density at radius 1 is 1.12 bits per heavy atom. The van der Waals surface area contributed by atoms with Crippen LogP contribution in [0.1, 0.15) is 46.3 Å². The van der Waals surface area contributed by atoms with E-state index in [1.807, 2.05) is 0 Å². The molecular weight excluding hydrogens is 425 g/mol. The number of ether oxygens (including phenoxy) is 1. The zero-order chi connectivity index (χ0) is 27.6.